The van der Waals surface area contributed by atoms with Gasteiger partial charge in [-0.1, -0.05) is 37.6 Å². The molecule has 118 valence electrons. The van der Waals surface area contributed by atoms with Gasteiger partial charge in [-0.3, -0.25) is 4.79 Å². The Hall–Kier alpha value is -2.33. The van der Waals surface area contributed by atoms with E-state index < -0.39 is 5.97 Å². The number of anilines is 1. The van der Waals surface area contributed by atoms with Crippen LogP contribution in [0.1, 0.15) is 40.1 Å². The van der Waals surface area contributed by atoms with E-state index in [9.17, 15) is 9.59 Å². The van der Waals surface area contributed by atoms with Crippen LogP contribution < -0.4 is 4.90 Å². The fourth-order valence-electron chi connectivity index (χ4n) is 3.09. The van der Waals surface area contributed by atoms with Crippen LogP contribution in [-0.4, -0.2) is 23.5 Å². The second-order valence-corrected chi connectivity index (χ2v) is 6.70. The lowest BCUT2D eigenvalue weighted by atomic mass is 9.87. The van der Waals surface area contributed by atoms with Crippen LogP contribution in [0, 0.1) is 0 Å². The standard InChI is InChI=1S/C18H16ClNO3/c1-18(2)10-20(14-8-4-7-13(19)15(14)18)16(21)11-5-3-6-12(9-11)17(22)23/h3-9H,10H2,1-2H3,(H,22,23). The van der Waals surface area contributed by atoms with Crippen molar-refractivity contribution in [3.8, 4) is 0 Å². The minimum absolute atomic E-state index is 0.0978. The number of benzene rings is 2. The van der Waals surface area contributed by atoms with Crippen molar-refractivity contribution >= 4 is 29.2 Å². The van der Waals surface area contributed by atoms with E-state index in [-0.39, 0.29) is 16.9 Å². The van der Waals surface area contributed by atoms with Gasteiger partial charge in [-0.05, 0) is 30.3 Å². The summed E-state index contributed by atoms with van der Waals surface area (Å²) < 4.78 is 0. The van der Waals surface area contributed by atoms with E-state index in [2.05, 4.69) is 0 Å². The van der Waals surface area contributed by atoms with Crippen LogP contribution in [-0.2, 0) is 5.41 Å². The second-order valence-electron chi connectivity index (χ2n) is 6.30. The van der Waals surface area contributed by atoms with Gasteiger partial charge < -0.3 is 10.0 Å². The summed E-state index contributed by atoms with van der Waals surface area (Å²) in [5, 5.41) is 9.73. The van der Waals surface area contributed by atoms with Gasteiger partial charge in [0.15, 0.2) is 0 Å². The first-order valence-corrected chi connectivity index (χ1v) is 7.63. The predicted octanol–water partition coefficient (Wildman–Crippen LogP) is 3.98. The van der Waals surface area contributed by atoms with Gasteiger partial charge in [-0.2, -0.15) is 0 Å². The molecule has 0 bridgehead atoms. The molecule has 4 nitrogen and oxygen atoms in total. The van der Waals surface area contributed by atoms with E-state index >= 15 is 0 Å². The molecule has 2 aromatic carbocycles. The van der Waals surface area contributed by atoms with Crippen molar-refractivity contribution in [3.63, 3.8) is 0 Å². The number of carboxylic acids is 1. The van der Waals surface area contributed by atoms with E-state index in [1.54, 1.807) is 17.0 Å². The summed E-state index contributed by atoms with van der Waals surface area (Å²) in [6.45, 7) is 4.58. The first kappa shape index (κ1) is 15.6. The van der Waals surface area contributed by atoms with Gasteiger partial charge in [-0.25, -0.2) is 4.79 Å². The summed E-state index contributed by atoms with van der Waals surface area (Å²) in [5.74, 6) is -1.27. The molecule has 1 N–H and O–H groups in total. The highest BCUT2D eigenvalue weighted by Crippen LogP contribution is 2.44. The van der Waals surface area contributed by atoms with Gasteiger partial charge in [0.2, 0.25) is 0 Å². The minimum Gasteiger partial charge on any atom is -0.478 e. The number of carbonyl (C=O) groups excluding carboxylic acids is 1. The topological polar surface area (TPSA) is 57.6 Å². The first-order valence-electron chi connectivity index (χ1n) is 7.25. The third kappa shape index (κ3) is 2.59. The molecule has 0 radical (unpaired) electrons. The molecule has 1 aliphatic rings. The summed E-state index contributed by atoms with van der Waals surface area (Å²) in [6, 6.07) is 11.6. The number of nitrogens with zero attached hydrogens (tertiary/aromatic N) is 1. The molecule has 2 aromatic rings. The molecule has 0 aromatic heterocycles. The Bertz CT molecular complexity index is 814. The maximum Gasteiger partial charge on any atom is 0.335 e. The summed E-state index contributed by atoms with van der Waals surface area (Å²) in [5.41, 5.74) is 1.93. The van der Waals surface area contributed by atoms with Crippen molar-refractivity contribution < 1.29 is 14.7 Å². The molecule has 0 atom stereocenters. The third-order valence-corrected chi connectivity index (χ3v) is 4.43. The van der Waals surface area contributed by atoms with Gasteiger partial charge in [-0.15, -0.1) is 0 Å². The van der Waals surface area contributed by atoms with Crippen molar-refractivity contribution in [3.05, 3.63) is 64.2 Å². The van der Waals surface area contributed by atoms with E-state index in [0.717, 1.165) is 11.3 Å². The molecule has 0 spiro atoms. The van der Waals surface area contributed by atoms with Crippen LogP contribution in [0.5, 0.6) is 0 Å². The first-order chi connectivity index (χ1) is 10.8. The number of aromatic carboxylic acids is 1. The third-order valence-electron chi connectivity index (χ3n) is 4.11. The molecular formula is C18H16ClNO3. The zero-order valence-corrected chi connectivity index (χ0v) is 13.6. The van der Waals surface area contributed by atoms with Crippen LogP contribution in [0.4, 0.5) is 5.69 Å². The molecule has 23 heavy (non-hydrogen) atoms. The molecule has 0 fully saturated rings. The molecule has 0 unspecified atom stereocenters. The van der Waals surface area contributed by atoms with Gasteiger partial charge in [0.1, 0.15) is 0 Å². The monoisotopic (exact) mass is 329 g/mol. The molecule has 1 aliphatic heterocycles. The average Bonchev–Trinajstić information content (AvgIpc) is 2.79. The molecule has 0 saturated carbocycles. The smallest absolute Gasteiger partial charge is 0.335 e. The Morgan fingerprint density at radius 2 is 1.78 bits per heavy atom. The molecule has 3 rings (SSSR count). The second kappa shape index (κ2) is 5.39. The maximum atomic E-state index is 12.9. The highest BCUT2D eigenvalue weighted by Gasteiger charge is 2.39. The Labute approximate surface area is 139 Å². The van der Waals surface area contributed by atoms with Crippen molar-refractivity contribution in [2.75, 3.05) is 11.4 Å². The number of amides is 1. The zero-order chi connectivity index (χ0) is 16.8. The minimum atomic E-state index is -1.05. The highest BCUT2D eigenvalue weighted by molar-refractivity contribution is 6.32. The molecule has 0 aliphatic carbocycles. The molecule has 1 amide bonds. The Kier molecular flexibility index (Phi) is 3.65. The van der Waals surface area contributed by atoms with Crippen LogP contribution in [0.15, 0.2) is 42.5 Å². The number of carbonyl (C=O) groups is 2. The summed E-state index contributed by atoms with van der Waals surface area (Å²) in [4.78, 5) is 25.6. The molecule has 1 heterocycles. The predicted molar refractivity (Wildman–Crippen MR) is 89.6 cm³/mol. The Morgan fingerprint density at radius 3 is 2.48 bits per heavy atom. The van der Waals surface area contributed by atoms with Crippen molar-refractivity contribution in [1.82, 2.24) is 0 Å². The van der Waals surface area contributed by atoms with E-state index in [1.165, 1.54) is 12.1 Å². The summed E-state index contributed by atoms with van der Waals surface area (Å²) >= 11 is 6.32. The normalized spacial score (nSPS) is 15.3. The van der Waals surface area contributed by atoms with Gasteiger partial charge in [0.05, 0.1) is 5.56 Å². The summed E-state index contributed by atoms with van der Waals surface area (Å²) in [7, 11) is 0. The lowest BCUT2D eigenvalue weighted by Gasteiger charge is -2.21. The van der Waals surface area contributed by atoms with Gasteiger partial charge in [0, 0.05) is 33.8 Å². The lowest BCUT2D eigenvalue weighted by molar-refractivity contribution is 0.0697. The van der Waals surface area contributed by atoms with Crippen molar-refractivity contribution in [2.24, 2.45) is 0 Å². The quantitative estimate of drug-likeness (QED) is 0.906. The summed E-state index contributed by atoms with van der Waals surface area (Å²) in [6.07, 6.45) is 0. The molecule has 0 saturated heterocycles. The number of halogens is 1. The van der Waals surface area contributed by atoms with E-state index in [4.69, 9.17) is 16.7 Å². The van der Waals surface area contributed by atoms with Crippen LogP contribution in [0.25, 0.3) is 0 Å². The maximum absolute atomic E-state index is 12.9. The van der Waals surface area contributed by atoms with Crippen LogP contribution in [0.3, 0.4) is 0 Å². The fraction of sp³-hybridized carbons (Fsp3) is 0.222. The lowest BCUT2D eigenvalue weighted by Crippen LogP contribution is -2.34. The largest absolute Gasteiger partial charge is 0.478 e. The Balaban J connectivity index is 2.04. The van der Waals surface area contributed by atoms with Crippen LogP contribution >= 0.6 is 11.6 Å². The highest BCUT2D eigenvalue weighted by atomic mass is 35.5. The average molecular weight is 330 g/mol. The van der Waals surface area contributed by atoms with Crippen LogP contribution in [0.2, 0.25) is 5.02 Å². The van der Waals surface area contributed by atoms with Crippen molar-refractivity contribution in [1.29, 1.82) is 0 Å². The number of carboxylic acid groups (broad SMARTS) is 1. The molecular weight excluding hydrogens is 314 g/mol. The van der Waals surface area contributed by atoms with Crippen molar-refractivity contribution in [2.45, 2.75) is 19.3 Å². The fourth-order valence-corrected chi connectivity index (χ4v) is 3.51. The molecule has 5 heteroatoms. The number of fused-ring (bicyclic) bond motifs is 1. The zero-order valence-electron chi connectivity index (χ0n) is 12.8. The van der Waals surface area contributed by atoms with Gasteiger partial charge in [0.25, 0.3) is 5.91 Å². The number of hydrogen-bond acceptors (Lipinski definition) is 2. The van der Waals surface area contributed by atoms with E-state index in [0.29, 0.717) is 17.1 Å². The van der Waals surface area contributed by atoms with E-state index in [1.807, 2.05) is 32.0 Å². The SMILES string of the molecule is CC1(C)CN(C(=O)c2cccc(C(=O)O)c2)c2cccc(Cl)c21. The number of rotatable bonds is 2. The number of hydrogen-bond donors (Lipinski definition) is 1. The van der Waals surface area contributed by atoms with Gasteiger partial charge >= 0.3 is 5.97 Å². The Morgan fingerprint density at radius 1 is 1.13 bits per heavy atom.